The summed E-state index contributed by atoms with van der Waals surface area (Å²) in [6.45, 7) is 9.15. The first-order chi connectivity index (χ1) is 9.42. The molecule has 0 saturated carbocycles. The molecule has 0 radical (unpaired) electrons. The monoisotopic (exact) mass is 276 g/mol. The fourth-order valence-electron chi connectivity index (χ4n) is 2.40. The second-order valence-corrected chi connectivity index (χ2v) is 5.83. The Morgan fingerprint density at radius 3 is 2.60 bits per heavy atom. The lowest BCUT2D eigenvalue weighted by Crippen LogP contribution is -2.53. The van der Waals surface area contributed by atoms with Crippen molar-refractivity contribution in [1.82, 2.24) is 4.90 Å². The molecule has 4 heteroatoms. The van der Waals surface area contributed by atoms with Gasteiger partial charge >= 0.3 is 0 Å². The number of nitrogens with zero attached hydrogens (tertiary/aromatic N) is 2. The standard InChI is InChI=1S/C16H24N2O2/c1-6-19-14-9-7-13(8-10-14)17-15-18(5)16(3,4)11-12(2)20-15/h7-10,12H,6,11H2,1-5H3. The van der Waals surface area contributed by atoms with Gasteiger partial charge in [0, 0.05) is 19.0 Å². The third kappa shape index (κ3) is 3.24. The lowest BCUT2D eigenvalue weighted by molar-refractivity contribution is 0.0404. The molecule has 1 aliphatic rings. The van der Waals surface area contributed by atoms with Crippen molar-refractivity contribution < 1.29 is 9.47 Å². The summed E-state index contributed by atoms with van der Waals surface area (Å²) >= 11 is 0. The number of aliphatic imine (C=N–C) groups is 1. The van der Waals surface area contributed by atoms with Gasteiger partial charge in [-0.15, -0.1) is 0 Å². The first-order valence-electron chi connectivity index (χ1n) is 7.14. The van der Waals surface area contributed by atoms with Gasteiger partial charge in [0.1, 0.15) is 11.9 Å². The molecular formula is C16H24N2O2. The van der Waals surface area contributed by atoms with Crippen molar-refractivity contribution in [2.24, 2.45) is 4.99 Å². The van der Waals surface area contributed by atoms with E-state index in [1.165, 1.54) is 0 Å². The Hall–Kier alpha value is -1.71. The van der Waals surface area contributed by atoms with Crippen molar-refractivity contribution in [2.45, 2.75) is 45.8 Å². The van der Waals surface area contributed by atoms with E-state index in [1.807, 2.05) is 38.2 Å². The van der Waals surface area contributed by atoms with Crippen LogP contribution in [0, 0.1) is 0 Å². The second kappa shape index (κ2) is 5.73. The van der Waals surface area contributed by atoms with Crippen LogP contribution in [0.5, 0.6) is 5.75 Å². The Morgan fingerprint density at radius 1 is 1.35 bits per heavy atom. The fourth-order valence-corrected chi connectivity index (χ4v) is 2.40. The summed E-state index contributed by atoms with van der Waals surface area (Å²) in [4.78, 5) is 6.71. The van der Waals surface area contributed by atoms with E-state index in [2.05, 4.69) is 30.7 Å². The van der Waals surface area contributed by atoms with Crippen LogP contribution >= 0.6 is 0 Å². The van der Waals surface area contributed by atoms with Gasteiger partial charge in [0.2, 0.25) is 0 Å². The number of ether oxygens (including phenoxy) is 2. The SMILES string of the molecule is CCOc1ccc(N=C2OC(C)CC(C)(C)N2C)cc1. The quantitative estimate of drug-likeness (QED) is 0.846. The zero-order valence-electron chi connectivity index (χ0n) is 13.0. The van der Waals surface area contributed by atoms with E-state index in [4.69, 9.17) is 9.47 Å². The Balaban J connectivity index is 2.20. The molecule has 0 bridgehead atoms. The third-order valence-electron chi connectivity index (χ3n) is 3.66. The van der Waals surface area contributed by atoms with Crippen LogP contribution in [-0.2, 0) is 4.74 Å². The van der Waals surface area contributed by atoms with Crippen molar-refractivity contribution in [3.63, 3.8) is 0 Å². The molecule has 1 heterocycles. The van der Waals surface area contributed by atoms with E-state index in [0.29, 0.717) is 12.6 Å². The molecule has 0 N–H and O–H groups in total. The minimum Gasteiger partial charge on any atom is -0.494 e. The largest absolute Gasteiger partial charge is 0.494 e. The molecular weight excluding hydrogens is 252 g/mol. The van der Waals surface area contributed by atoms with Crippen LogP contribution in [0.15, 0.2) is 29.3 Å². The molecule has 1 atom stereocenters. The molecule has 0 spiro atoms. The van der Waals surface area contributed by atoms with Gasteiger partial charge in [-0.1, -0.05) is 0 Å². The Kier molecular flexibility index (Phi) is 4.21. The number of benzene rings is 1. The van der Waals surface area contributed by atoms with Crippen LogP contribution in [0.25, 0.3) is 0 Å². The van der Waals surface area contributed by atoms with Gasteiger partial charge in [0.05, 0.1) is 12.3 Å². The van der Waals surface area contributed by atoms with Gasteiger partial charge in [-0.3, -0.25) is 0 Å². The smallest absolute Gasteiger partial charge is 0.293 e. The van der Waals surface area contributed by atoms with Crippen molar-refractivity contribution in [1.29, 1.82) is 0 Å². The van der Waals surface area contributed by atoms with Gasteiger partial charge in [-0.2, -0.15) is 4.99 Å². The molecule has 110 valence electrons. The average molecular weight is 276 g/mol. The van der Waals surface area contributed by atoms with Gasteiger partial charge in [0.15, 0.2) is 0 Å². The maximum atomic E-state index is 5.86. The number of hydrogen-bond donors (Lipinski definition) is 0. The fraction of sp³-hybridized carbons (Fsp3) is 0.562. The lowest BCUT2D eigenvalue weighted by Gasteiger charge is -2.44. The summed E-state index contributed by atoms with van der Waals surface area (Å²) in [6.07, 6.45) is 1.17. The Labute approximate surface area is 121 Å². The third-order valence-corrected chi connectivity index (χ3v) is 3.66. The van der Waals surface area contributed by atoms with E-state index in [1.54, 1.807) is 0 Å². The summed E-state index contributed by atoms with van der Waals surface area (Å²) in [5.74, 6) is 0.864. The first-order valence-corrected chi connectivity index (χ1v) is 7.14. The van der Waals surface area contributed by atoms with Crippen LogP contribution in [0.3, 0.4) is 0 Å². The topological polar surface area (TPSA) is 34.1 Å². The summed E-state index contributed by atoms with van der Waals surface area (Å²) in [7, 11) is 2.03. The lowest BCUT2D eigenvalue weighted by atomic mass is 9.94. The highest BCUT2D eigenvalue weighted by atomic mass is 16.5. The summed E-state index contributed by atoms with van der Waals surface area (Å²) in [6, 6.07) is 8.43. The predicted molar refractivity (Wildman–Crippen MR) is 81.7 cm³/mol. The predicted octanol–water partition coefficient (Wildman–Crippen LogP) is 3.59. The van der Waals surface area contributed by atoms with E-state index in [0.717, 1.165) is 17.9 Å². The van der Waals surface area contributed by atoms with Crippen molar-refractivity contribution in [3.05, 3.63) is 24.3 Å². The van der Waals surface area contributed by atoms with Crippen LogP contribution in [0.2, 0.25) is 0 Å². The minimum absolute atomic E-state index is 0.0573. The Morgan fingerprint density at radius 2 is 2.00 bits per heavy atom. The van der Waals surface area contributed by atoms with Crippen LogP contribution in [-0.4, -0.2) is 36.2 Å². The summed E-state index contributed by atoms with van der Waals surface area (Å²) in [5.41, 5.74) is 0.932. The van der Waals surface area contributed by atoms with Gasteiger partial charge < -0.3 is 14.4 Å². The maximum Gasteiger partial charge on any atom is 0.293 e. The molecule has 2 rings (SSSR count). The maximum absolute atomic E-state index is 5.86. The zero-order chi connectivity index (χ0) is 14.8. The molecule has 0 amide bonds. The Bertz CT molecular complexity index is 480. The molecule has 1 aliphatic heterocycles. The van der Waals surface area contributed by atoms with Crippen LogP contribution < -0.4 is 4.74 Å². The molecule has 1 fully saturated rings. The molecule has 1 aromatic carbocycles. The van der Waals surface area contributed by atoms with Gasteiger partial charge in [-0.05, 0) is 52.0 Å². The first kappa shape index (κ1) is 14.7. The minimum atomic E-state index is 0.0573. The van der Waals surface area contributed by atoms with Crippen LogP contribution in [0.1, 0.15) is 34.1 Å². The van der Waals surface area contributed by atoms with Gasteiger partial charge in [0.25, 0.3) is 6.02 Å². The van der Waals surface area contributed by atoms with E-state index >= 15 is 0 Å². The second-order valence-electron chi connectivity index (χ2n) is 5.83. The van der Waals surface area contributed by atoms with E-state index in [9.17, 15) is 0 Å². The number of amidine groups is 1. The van der Waals surface area contributed by atoms with E-state index in [-0.39, 0.29) is 11.6 Å². The highest BCUT2D eigenvalue weighted by molar-refractivity contribution is 5.78. The molecule has 1 unspecified atom stereocenters. The number of rotatable bonds is 3. The summed E-state index contributed by atoms with van der Waals surface area (Å²) in [5, 5.41) is 0. The average Bonchev–Trinajstić information content (AvgIpc) is 2.37. The summed E-state index contributed by atoms with van der Waals surface area (Å²) < 4.78 is 11.3. The highest BCUT2D eigenvalue weighted by Crippen LogP contribution is 2.28. The molecule has 1 saturated heterocycles. The van der Waals surface area contributed by atoms with Crippen molar-refractivity contribution >= 4 is 11.7 Å². The van der Waals surface area contributed by atoms with Crippen molar-refractivity contribution in [2.75, 3.05) is 13.7 Å². The normalized spacial score (nSPS) is 23.6. The molecule has 4 nitrogen and oxygen atoms in total. The van der Waals surface area contributed by atoms with Crippen LogP contribution in [0.4, 0.5) is 5.69 Å². The van der Waals surface area contributed by atoms with Crippen molar-refractivity contribution in [3.8, 4) is 5.75 Å². The molecule has 0 aromatic heterocycles. The highest BCUT2D eigenvalue weighted by Gasteiger charge is 2.35. The van der Waals surface area contributed by atoms with E-state index < -0.39 is 0 Å². The molecule has 20 heavy (non-hydrogen) atoms. The molecule has 0 aliphatic carbocycles. The zero-order valence-corrected chi connectivity index (χ0v) is 13.0. The molecule has 1 aromatic rings. The number of hydrogen-bond acceptors (Lipinski definition) is 3. The van der Waals surface area contributed by atoms with Gasteiger partial charge in [-0.25, -0.2) is 0 Å².